The van der Waals surface area contributed by atoms with Crippen LogP contribution in [0.25, 0.3) is 0 Å². The van der Waals surface area contributed by atoms with Crippen LogP contribution in [0, 0.1) is 11.7 Å². The Morgan fingerprint density at radius 3 is 2.50 bits per heavy atom. The zero-order chi connectivity index (χ0) is 21.1. The molecule has 0 bridgehead atoms. The molecule has 0 N–H and O–H groups in total. The second-order valence-electron chi connectivity index (χ2n) is 8.96. The predicted octanol–water partition coefficient (Wildman–Crippen LogP) is 5.65. The van der Waals surface area contributed by atoms with Crippen LogP contribution in [-0.4, -0.2) is 28.9 Å². The van der Waals surface area contributed by atoms with Crippen LogP contribution in [0.1, 0.15) is 68.7 Å². The van der Waals surface area contributed by atoms with Crippen LogP contribution < -0.4 is 0 Å². The molecule has 0 radical (unpaired) electrons. The molecule has 1 aliphatic carbocycles. The van der Waals surface area contributed by atoms with Gasteiger partial charge in [-0.15, -0.1) is 0 Å². The van der Waals surface area contributed by atoms with E-state index in [-0.39, 0.29) is 11.7 Å². The van der Waals surface area contributed by atoms with Gasteiger partial charge in [0.2, 0.25) is 5.91 Å². The number of carbonyl (C=O) groups excluding carboxylic acids is 1. The fourth-order valence-electron chi connectivity index (χ4n) is 4.76. The van der Waals surface area contributed by atoms with Gasteiger partial charge in [0.05, 0.1) is 0 Å². The monoisotopic (exact) mass is 406 g/mol. The topological polar surface area (TPSA) is 33.2 Å². The minimum Gasteiger partial charge on any atom is -0.342 e. The van der Waals surface area contributed by atoms with Crippen LogP contribution in [0.4, 0.5) is 4.39 Å². The summed E-state index contributed by atoms with van der Waals surface area (Å²) in [5.74, 6) is 0.735. The van der Waals surface area contributed by atoms with Crippen LogP contribution >= 0.6 is 0 Å². The summed E-state index contributed by atoms with van der Waals surface area (Å²) in [4.78, 5) is 19.7. The summed E-state index contributed by atoms with van der Waals surface area (Å²) < 4.78 is 13.9. The molecule has 2 aliphatic rings. The van der Waals surface area contributed by atoms with Crippen LogP contribution in [0.5, 0.6) is 0 Å². The Morgan fingerprint density at radius 1 is 1.07 bits per heavy atom. The SMILES string of the molecule is CC1=C(C)C[C@@H](C(=O)N2CCC(c3ccc(Cc4ccccc4F)cn3)CC2)CC1. The number of aromatic nitrogens is 1. The summed E-state index contributed by atoms with van der Waals surface area (Å²) in [6, 6.07) is 11.0. The molecule has 3 nitrogen and oxygen atoms in total. The van der Waals surface area contributed by atoms with E-state index in [0.717, 1.165) is 56.5 Å². The normalized spacial score (nSPS) is 20.5. The van der Waals surface area contributed by atoms with Gasteiger partial charge in [0.15, 0.2) is 0 Å². The van der Waals surface area contributed by atoms with Crippen molar-refractivity contribution in [2.75, 3.05) is 13.1 Å². The summed E-state index contributed by atoms with van der Waals surface area (Å²) in [6.45, 7) is 6.00. The van der Waals surface area contributed by atoms with E-state index < -0.39 is 0 Å². The smallest absolute Gasteiger partial charge is 0.226 e. The van der Waals surface area contributed by atoms with Gasteiger partial charge in [-0.05, 0) is 69.2 Å². The first kappa shape index (κ1) is 20.8. The third-order valence-electron chi connectivity index (χ3n) is 6.92. The maximum Gasteiger partial charge on any atom is 0.226 e. The van der Waals surface area contributed by atoms with Gasteiger partial charge in [-0.25, -0.2) is 4.39 Å². The molecular formula is C26H31FN2O. The second kappa shape index (κ2) is 9.11. The number of benzene rings is 1. The predicted molar refractivity (Wildman–Crippen MR) is 118 cm³/mol. The van der Waals surface area contributed by atoms with Gasteiger partial charge in [-0.1, -0.05) is 35.4 Å². The van der Waals surface area contributed by atoms with E-state index in [9.17, 15) is 9.18 Å². The van der Waals surface area contributed by atoms with Crippen molar-refractivity contribution in [1.29, 1.82) is 0 Å². The maximum atomic E-state index is 13.9. The molecule has 1 amide bonds. The Labute approximate surface area is 179 Å². The summed E-state index contributed by atoms with van der Waals surface area (Å²) in [5, 5.41) is 0. The molecule has 1 fully saturated rings. The Bertz CT molecular complexity index is 926. The number of hydrogen-bond donors (Lipinski definition) is 0. The number of amides is 1. The molecule has 4 heteroatoms. The summed E-state index contributed by atoms with van der Waals surface area (Å²) in [5.41, 5.74) is 5.66. The van der Waals surface area contributed by atoms with Gasteiger partial charge >= 0.3 is 0 Å². The number of hydrogen-bond acceptors (Lipinski definition) is 2. The third kappa shape index (κ3) is 4.63. The van der Waals surface area contributed by atoms with Gasteiger partial charge in [-0.3, -0.25) is 9.78 Å². The largest absolute Gasteiger partial charge is 0.342 e. The van der Waals surface area contributed by atoms with Crippen molar-refractivity contribution >= 4 is 5.91 Å². The number of allylic oxidation sites excluding steroid dienone is 2. The van der Waals surface area contributed by atoms with Crippen molar-refractivity contribution in [1.82, 2.24) is 9.88 Å². The fraction of sp³-hybridized carbons (Fsp3) is 0.462. The molecule has 0 spiro atoms. The number of carbonyl (C=O) groups is 1. The quantitative estimate of drug-likeness (QED) is 0.615. The molecule has 2 heterocycles. The van der Waals surface area contributed by atoms with E-state index >= 15 is 0 Å². The lowest BCUT2D eigenvalue weighted by atomic mass is 9.83. The lowest BCUT2D eigenvalue weighted by Crippen LogP contribution is -2.42. The Balaban J connectivity index is 1.32. The first-order valence-corrected chi connectivity index (χ1v) is 11.1. The van der Waals surface area contributed by atoms with Gasteiger partial charge in [0.1, 0.15) is 5.82 Å². The highest BCUT2D eigenvalue weighted by molar-refractivity contribution is 5.79. The van der Waals surface area contributed by atoms with Gasteiger partial charge in [0, 0.05) is 43.2 Å². The molecule has 0 unspecified atom stereocenters. The highest BCUT2D eigenvalue weighted by Crippen LogP contribution is 2.33. The van der Waals surface area contributed by atoms with Crippen molar-refractivity contribution in [3.8, 4) is 0 Å². The van der Waals surface area contributed by atoms with Crippen molar-refractivity contribution in [2.45, 2.75) is 58.3 Å². The Kier molecular flexibility index (Phi) is 6.31. The molecule has 158 valence electrons. The third-order valence-corrected chi connectivity index (χ3v) is 6.92. The van der Waals surface area contributed by atoms with Crippen molar-refractivity contribution < 1.29 is 9.18 Å². The summed E-state index contributed by atoms with van der Waals surface area (Å²) >= 11 is 0. The average molecular weight is 407 g/mol. The molecule has 1 saturated heterocycles. The van der Waals surface area contributed by atoms with Gasteiger partial charge < -0.3 is 4.90 Å². The zero-order valence-electron chi connectivity index (χ0n) is 18.0. The number of piperidine rings is 1. The van der Waals surface area contributed by atoms with Crippen LogP contribution in [0.15, 0.2) is 53.7 Å². The highest BCUT2D eigenvalue weighted by atomic mass is 19.1. The van der Waals surface area contributed by atoms with Crippen molar-refractivity contribution in [2.24, 2.45) is 5.92 Å². The number of pyridine rings is 1. The van der Waals surface area contributed by atoms with E-state index in [0.29, 0.717) is 23.8 Å². The Hall–Kier alpha value is -2.49. The first-order chi connectivity index (χ1) is 14.5. The van der Waals surface area contributed by atoms with E-state index in [4.69, 9.17) is 0 Å². The standard InChI is InChI=1S/C26H31FN2O/c1-18-7-9-23(15-19(18)2)26(30)29-13-11-21(12-14-29)25-10-8-20(17-28-25)16-22-5-3-4-6-24(22)27/h3-6,8,10,17,21,23H,7,9,11-16H2,1-2H3/t23-/m0/s1. The van der Waals surface area contributed by atoms with Crippen molar-refractivity contribution in [3.63, 3.8) is 0 Å². The van der Waals surface area contributed by atoms with E-state index in [1.807, 2.05) is 18.3 Å². The molecule has 4 rings (SSSR count). The maximum absolute atomic E-state index is 13.9. The molecule has 1 aromatic heterocycles. The fourth-order valence-corrected chi connectivity index (χ4v) is 4.76. The van der Waals surface area contributed by atoms with E-state index in [1.54, 1.807) is 6.07 Å². The molecule has 0 saturated carbocycles. The number of halogens is 1. The average Bonchev–Trinajstić information content (AvgIpc) is 2.77. The second-order valence-corrected chi connectivity index (χ2v) is 8.96. The molecule has 1 atom stereocenters. The minimum absolute atomic E-state index is 0.168. The van der Waals surface area contributed by atoms with E-state index in [1.165, 1.54) is 17.2 Å². The molecule has 1 aromatic carbocycles. The van der Waals surface area contributed by atoms with E-state index in [2.05, 4.69) is 35.9 Å². The Morgan fingerprint density at radius 2 is 1.83 bits per heavy atom. The summed E-state index contributed by atoms with van der Waals surface area (Å²) in [6.07, 6.45) is 7.34. The highest BCUT2D eigenvalue weighted by Gasteiger charge is 2.30. The van der Waals surface area contributed by atoms with Crippen LogP contribution in [-0.2, 0) is 11.2 Å². The number of likely N-dealkylation sites (tertiary alicyclic amines) is 1. The zero-order valence-corrected chi connectivity index (χ0v) is 18.0. The lowest BCUT2D eigenvalue weighted by Gasteiger charge is -2.35. The number of rotatable bonds is 4. The number of nitrogens with zero attached hydrogens (tertiary/aromatic N) is 2. The first-order valence-electron chi connectivity index (χ1n) is 11.1. The lowest BCUT2D eigenvalue weighted by molar-refractivity contribution is -0.137. The molecule has 1 aliphatic heterocycles. The minimum atomic E-state index is -0.169. The molecule has 30 heavy (non-hydrogen) atoms. The molecular weight excluding hydrogens is 375 g/mol. The summed E-state index contributed by atoms with van der Waals surface area (Å²) in [7, 11) is 0. The molecule has 2 aromatic rings. The van der Waals surface area contributed by atoms with Crippen LogP contribution in [0.3, 0.4) is 0 Å². The van der Waals surface area contributed by atoms with Gasteiger partial charge in [-0.2, -0.15) is 0 Å². The van der Waals surface area contributed by atoms with Crippen LogP contribution in [0.2, 0.25) is 0 Å². The van der Waals surface area contributed by atoms with Crippen molar-refractivity contribution in [3.05, 3.63) is 76.4 Å². The van der Waals surface area contributed by atoms with Gasteiger partial charge in [0.25, 0.3) is 0 Å².